The Bertz CT molecular complexity index is 1180. The van der Waals surface area contributed by atoms with E-state index in [1.165, 1.54) is 0 Å². The van der Waals surface area contributed by atoms with Gasteiger partial charge in [0.05, 0.1) is 0 Å². The van der Waals surface area contributed by atoms with Crippen LogP contribution >= 0.6 is 21.6 Å². The van der Waals surface area contributed by atoms with Gasteiger partial charge in [-0.15, -0.1) is 0 Å². The summed E-state index contributed by atoms with van der Waals surface area (Å²) in [4.78, 5) is 26.7. The predicted octanol–water partition coefficient (Wildman–Crippen LogP) is 7.28. The first-order valence-electron chi connectivity index (χ1n) is 9.80. The zero-order chi connectivity index (χ0) is 29.0. The molecule has 0 saturated heterocycles. The molecular formula is C18H12F8N6O4S2. The van der Waals surface area contributed by atoms with Crippen LogP contribution in [0.15, 0.2) is 56.6 Å². The zero-order valence-corrected chi connectivity index (χ0v) is 19.9. The molecule has 38 heavy (non-hydrogen) atoms. The summed E-state index contributed by atoms with van der Waals surface area (Å²) >= 11 is 0. The van der Waals surface area contributed by atoms with E-state index in [-0.39, 0.29) is 0 Å². The number of allylic oxidation sites excluding steroid dienone is 4. The fraction of sp³-hybridized carbons (Fsp3) is 0.444. The summed E-state index contributed by atoms with van der Waals surface area (Å²) in [7, 11) is 1.07. The molecular weight excluding hydrogens is 580 g/mol. The first kappa shape index (κ1) is 30.9. The third kappa shape index (κ3) is 5.43. The van der Waals surface area contributed by atoms with E-state index in [1.807, 2.05) is 9.82 Å². The third-order valence-electron chi connectivity index (χ3n) is 5.37. The summed E-state index contributed by atoms with van der Waals surface area (Å²) in [6.45, 7) is 0. The molecule has 10 nitrogen and oxygen atoms in total. The van der Waals surface area contributed by atoms with Crippen molar-refractivity contribution in [3.8, 4) is 0 Å². The minimum absolute atomic E-state index is 0.533. The summed E-state index contributed by atoms with van der Waals surface area (Å²) in [5, 5.41) is 23.2. The SMILES string of the molecule is [N-]=[N+]=NC1=C(F)C(F)(CCSSCCC2(F)C(F)=C(N=[N+]=[N-])C(F)=C(F)C2C(=O)O)C(C(=O)O)C(F)=C1F. The monoisotopic (exact) mass is 592 g/mol. The highest BCUT2D eigenvalue weighted by molar-refractivity contribution is 8.76. The highest BCUT2D eigenvalue weighted by atomic mass is 33.1. The highest BCUT2D eigenvalue weighted by Crippen LogP contribution is 2.51. The number of halogens is 8. The lowest BCUT2D eigenvalue weighted by Crippen LogP contribution is -2.43. The molecule has 0 bridgehead atoms. The van der Waals surface area contributed by atoms with Crippen LogP contribution in [0.3, 0.4) is 0 Å². The Kier molecular flexibility index (Phi) is 9.77. The van der Waals surface area contributed by atoms with Gasteiger partial charge in [0.2, 0.25) is 0 Å². The smallest absolute Gasteiger partial charge is 0.317 e. The lowest BCUT2D eigenvalue weighted by atomic mass is 9.80. The normalized spacial score (nSPS) is 27.8. The van der Waals surface area contributed by atoms with Gasteiger partial charge < -0.3 is 10.2 Å². The molecule has 0 spiro atoms. The van der Waals surface area contributed by atoms with Gasteiger partial charge in [-0.25, -0.2) is 35.1 Å². The zero-order valence-electron chi connectivity index (χ0n) is 18.2. The number of alkyl halides is 2. The molecule has 0 fully saturated rings. The van der Waals surface area contributed by atoms with Crippen molar-refractivity contribution in [3.05, 3.63) is 67.2 Å². The number of carbonyl (C=O) groups is 2. The Morgan fingerprint density at radius 2 is 1.08 bits per heavy atom. The number of aliphatic carboxylic acids is 2. The minimum atomic E-state index is -3.72. The topological polar surface area (TPSA) is 172 Å². The van der Waals surface area contributed by atoms with Crippen molar-refractivity contribution in [2.75, 3.05) is 11.5 Å². The van der Waals surface area contributed by atoms with Crippen molar-refractivity contribution in [1.29, 1.82) is 0 Å². The van der Waals surface area contributed by atoms with Crippen molar-refractivity contribution in [1.82, 2.24) is 0 Å². The molecule has 0 saturated carbocycles. The molecule has 2 rings (SSSR count). The van der Waals surface area contributed by atoms with Gasteiger partial charge in [0.15, 0.2) is 58.1 Å². The van der Waals surface area contributed by atoms with Crippen LogP contribution in [0, 0.1) is 11.8 Å². The fourth-order valence-corrected chi connectivity index (χ4v) is 5.80. The molecule has 0 amide bonds. The standard InChI is InChI=1S/C18H12F8N6O4S2/c19-7-5(15(33)34)17(25,13(23)11(9(7)21)29-31-27)1-3-37-38-4-2-18(26)6(16(35)36)8(20)10(22)12(14(18)24)30-32-28/h5-6H,1-4H2,(H,33,34)(H,35,36). The average Bonchev–Trinajstić information content (AvgIpc) is 2.84. The first-order valence-corrected chi connectivity index (χ1v) is 12.3. The Balaban J connectivity index is 2.17. The van der Waals surface area contributed by atoms with Crippen LogP contribution in [0.5, 0.6) is 0 Å². The molecule has 2 aliphatic rings. The molecule has 0 heterocycles. The van der Waals surface area contributed by atoms with Crippen molar-refractivity contribution < 1.29 is 54.9 Å². The third-order valence-corrected chi connectivity index (χ3v) is 7.78. The van der Waals surface area contributed by atoms with Gasteiger partial charge in [0.1, 0.15) is 11.4 Å². The first-order chi connectivity index (χ1) is 17.7. The van der Waals surface area contributed by atoms with Crippen molar-refractivity contribution in [3.63, 3.8) is 0 Å². The second kappa shape index (κ2) is 12.0. The Morgan fingerprint density at radius 1 is 0.763 bits per heavy atom. The average molecular weight is 592 g/mol. The molecule has 206 valence electrons. The van der Waals surface area contributed by atoms with Gasteiger partial charge in [-0.1, -0.05) is 31.8 Å². The second-order valence-corrected chi connectivity index (χ2v) is 10.1. The van der Waals surface area contributed by atoms with Crippen molar-refractivity contribution in [2.45, 2.75) is 24.2 Å². The summed E-state index contributed by atoms with van der Waals surface area (Å²) in [6, 6.07) is 0. The second-order valence-electron chi connectivity index (χ2n) is 7.44. The molecule has 0 aromatic rings. The van der Waals surface area contributed by atoms with Crippen LogP contribution in [-0.4, -0.2) is 45.0 Å². The maximum Gasteiger partial charge on any atom is 0.317 e. The number of nitrogens with zero attached hydrogens (tertiary/aromatic N) is 6. The summed E-state index contributed by atoms with van der Waals surface area (Å²) in [5.41, 5.74) is 5.86. The largest absolute Gasteiger partial charge is 0.481 e. The molecule has 0 aromatic carbocycles. The van der Waals surface area contributed by atoms with Gasteiger partial charge in [-0.3, -0.25) is 9.59 Å². The maximum atomic E-state index is 15.4. The van der Waals surface area contributed by atoms with Gasteiger partial charge in [0.25, 0.3) is 0 Å². The fourth-order valence-electron chi connectivity index (χ4n) is 3.60. The van der Waals surface area contributed by atoms with E-state index in [0.717, 1.165) is 0 Å². The summed E-state index contributed by atoms with van der Waals surface area (Å²) in [6.07, 6.45) is -2.32. The minimum Gasteiger partial charge on any atom is -0.481 e. The lowest BCUT2D eigenvalue weighted by Gasteiger charge is -2.33. The molecule has 0 aliphatic heterocycles. The maximum absolute atomic E-state index is 15.4. The number of rotatable bonds is 11. The number of carboxylic acids is 2. The molecule has 2 N–H and O–H groups in total. The number of hydrogen-bond donors (Lipinski definition) is 2. The Morgan fingerprint density at radius 3 is 1.34 bits per heavy atom. The molecule has 0 aromatic heterocycles. The van der Waals surface area contributed by atoms with Crippen molar-refractivity contribution in [2.24, 2.45) is 22.1 Å². The van der Waals surface area contributed by atoms with E-state index in [2.05, 4.69) is 10.2 Å². The highest BCUT2D eigenvalue weighted by Gasteiger charge is 2.57. The van der Waals surface area contributed by atoms with Crippen LogP contribution in [0.2, 0.25) is 0 Å². The van der Waals surface area contributed by atoms with E-state index in [4.69, 9.17) is 21.3 Å². The molecule has 4 unspecified atom stereocenters. The van der Waals surface area contributed by atoms with E-state index in [0.29, 0.717) is 21.6 Å². The van der Waals surface area contributed by atoms with Crippen LogP contribution in [0.4, 0.5) is 35.1 Å². The van der Waals surface area contributed by atoms with Crippen LogP contribution in [-0.2, 0) is 9.59 Å². The Labute approximate surface area is 213 Å². The van der Waals surface area contributed by atoms with E-state index < -0.39 is 106 Å². The molecule has 20 heteroatoms. The molecule has 4 atom stereocenters. The number of azide groups is 2. The van der Waals surface area contributed by atoms with Crippen molar-refractivity contribution >= 4 is 33.5 Å². The van der Waals surface area contributed by atoms with E-state index in [9.17, 15) is 35.9 Å². The van der Waals surface area contributed by atoms with Gasteiger partial charge in [-0.2, -0.15) is 0 Å². The molecule has 2 aliphatic carbocycles. The van der Waals surface area contributed by atoms with Gasteiger partial charge in [0, 0.05) is 21.3 Å². The lowest BCUT2D eigenvalue weighted by molar-refractivity contribution is -0.147. The number of hydrogen-bond acceptors (Lipinski definition) is 6. The van der Waals surface area contributed by atoms with Crippen LogP contribution < -0.4 is 0 Å². The predicted molar refractivity (Wildman–Crippen MR) is 117 cm³/mol. The molecule has 0 radical (unpaired) electrons. The van der Waals surface area contributed by atoms with E-state index in [1.54, 1.807) is 0 Å². The van der Waals surface area contributed by atoms with Gasteiger partial charge in [-0.05, 0) is 23.9 Å². The Hall–Kier alpha value is -3.34. The quantitative estimate of drug-likeness (QED) is 0.0637. The van der Waals surface area contributed by atoms with Crippen LogP contribution in [0.1, 0.15) is 12.8 Å². The number of carboxylic acid groups (broad SMARTS) is 2. The van der Waals surface area contributed by atoms with Crippen LogP contribution in [0.25, 0.3) is 20.9 Å². The van der Waals surface area contributed by atoms with E-state index >= 15 is 8.78 Å². The summed E-state index contributed by atoms with van der Waals surface area (Å²) in [5.74, 6) is -25.0. The summed E-state index contributed by atoms with van der Waals surface area (Å²) < 4.78 is 116. The van der Waals surface area contributed by atoms with Gasteiger partial charge >= 0.3 is 11.9 Å².